The SMILES string of the molecule is CC(C)(C)c1cc(-c2nc3ccc(C#N)cc3[nH]2)c(O)c(C(C)(C)C)c1. The number of H-pyrrole nitrogens is 1. The van der Waals surface area contributed by atoms with Crippen molar-refractivity contribution in [1.29, 1.82) is 5.26 Å². The van der Waals surface area contributed by atoms with E-state index in [0.29, 0.717) is 17.0 Å². The summed E-state index contributed by atoms with van der Waals surface area (Å²) in [6.45, 7) is 12.8. The number of nitrogens with one attached hydrogen (secondary N) is 1. The highest BCUT2D eigenvalue weighted by Crippen LogP contribution is 2.41. The number of hydrogen-bond acceptors (Lipinski definition) is 3. The first-order valence-corrected chi connectivity index (χ1v) is 8.79. The maximum atomic E-state index is 11.0. The van der Waals surface area contributed by atoms with Crippen LogP contribution < -0.4 is 0 Å². The molecular formula is C22H25N3O. The van der Waals surface area contributed by atoms with Crippen LogP contribution in [0, 0.1) is 11.3 Å². The minimum absolute atomic E-state index is 0.0531. The van der Waals surface area contributed by atoms with E-state index in [1.165, 1.54) is 0 Å². The molecule has 0 amide bonds. The summed E-state index contributed by atoms with van der Waals surface area (Å²) in [5, 5.41) is 20.1. The molecular weight excluding hydrogens is 322 g/mol. The zero-order valence-electron chi connectivity index (χ0n) is 16.2. The van der Waals surface area contributed by atoms with E-state index in [0.717, 1.165) is 22.2 Å². The molecule has 0 spiro atoms. The summed E-state index contributed by atoms with van der Waals surface area (Å²) in [5.74, 6) is 0.870. The zero-order chi connectivity index (χ0) is 19.3. The average molecular weight is 347 g/mol. The van der Waals surface area contributed by atoms with Gasteiger partial charge in [0, 0.05) is 5.56 Å². The molecule has 1 heterocycles. The first-order chi connectivity index (χ1) is 12.0. The van der Waals surface area contributed by atoms with Gasteiger partial charge in [0.25, 0.3) is 0 Å². The molecule has 0 bridgehead atoms. The number of nitriles is 1. The van der Waals surface area contributed by atoms with Gasteiger partial charge in [0.15, 0.2) is 0 Å². The lowest BCUT2D eigenvalue weighted by atomic mass is 9.79. The molecule has 26 heavy (non-hydrogen) atoms. The third-order valence-corrected chi connectivity index (χ3v) is 4.65. The van der Waals surface area contributed by atoms with E-state index in [2.05, 4.69) is 63.6 Å². The molecule has 0 saturated carbocycles. The lowest BCUT2D eigenvalue weighted by Gasteiger charge is -2.27. The summed E-state index contributed by atoms with van der Waals surface area (Å²) >= 11 is 0. The third kappa shape index (κ3) is 3.17. The first-order valence-electron chi connectivity index (χ1n) is 8.79. The highest BCUT2D eigenvalue weighted by Gasteiger charge is 2.26. The summed E-state index contributed by atoms with van der Waals surface area (Å²) in [6, 6.07) is 11.6. The predicted molar refractivity (Wildman–Crippen MR) is 105 cm³/mol. The number of aromatic amines is 1. The minimum Gasteiger partial charge on any atom is -0.507 e. The zero-order valence-corrected chi connectivity index (χ0v) is 16.2. The van der Waals surface area contributed by atoms with Crippen LogP contribution in [0.15, 0.2) is 30.3 Å². The Morgan fingerprint density at radius 3 is 2.27 bits per heavy atom. The number of aromatic hydroxyl groups is 1. The highest BCUT2D eigenvalue weighted by atomic mass is 16.3. The van der Waals surface area contributed by atoms with Crippen LogP contribution in [0.5, 0.6) is 5.75 Å². The maximum absolute atomic E-state index is 11.0. The molecule has 2 aromatic carbocycles. The quantitative estimate of drug-likeness (QED) is 0.619. The number of aromatic nitrogens is 2. The largest absolute Gasteiger partial charge is 0.507 e. The van der Waals surface area contributed by atoms with Crippen molar-refractivity contribution < 1.29 is 5.11 Å². The third-order valence-electron chi connectivity index (χ3n) is 4.65. The van der Waals surface area contributed by atoms with Crippen LogP contribution in [0.3, 0.4) is 0 Å². The standard InChI is InChI=1S/C22H25N3O/c1-21(2,3)14-10-15(19(26)16(11-14)22(4,5)6)20-24-17-8-7-13(12-23)9-18(17)25-20/h7-11,26H,1-6H3,(H,24,25). The van der Waals surface area contributed by atoms with Crippen molar-refractivity contribution in [3.63, 3.8) is 0 Å². The molecule has 0 aliphatic carbocycles. The fraction of sp³-hybridized carbons (Fsp3) is 0.364. The summed E-state index contributed by atoms with van der Waals surface area (Å²) in [4.78, 5) is 7.90. The maximum Gasteiger partial charge on any atom is 0.142 e. The summed E-state index contributed by atoms with van der Waals surface area (Å²) in [7, 11) is 0. The van der Waals surface area contributed by atoms with Gasteiger partial charge in [0.2, 0.25) is 0 Å². The minimum atomic E-state index is -0.194. The molecule has 4 heteroatoms. The molecule has 0 fully saturated rings. The van der Waals surface area contributed by atoms with E-state index in [9.17, 15) is 5.11 Å². The number of nitrogens with zero attached hydrogens (tertiary/aromatic N) is 2. The second-order valence-corrected chi connectivity index (χ2v) is 8.85. The van der Waals surface area contributed by atoms with Crippen molar-refractivity contribution in [3.05, 3.63) is 47.0 Å². The van der Waals surface area contributed by atoms with Gasteiger partial charge in [-0.15, -0.1) is 0 Å². The molecule has 0 radical (unpaired) electrons. The molecule has 3 rings (SSSR count). The number of phenolic OH excluding ortho intramolecular Hbond substituents is 1. The van der Waals surface area contributed by atoms with Gasteiger partial charge in [0.05, 0.1) is 28.2 Å². The number of rotatable bonds is 1. The van der Waals surface area contributed by atoms with Crippen molar-refractivity contribution in [1.82, 2.24) is 9.97 Å². The molecule has 0 saturated heterocycles. The first kappa shape index (κ1) is 18.0. The smallest absolute Gasteiger partial charge is 0.142 e. The van der Waals surface area contributed by atoms with E-state index < -0.39 is 0 Å². The van der Waals surface area contributed by atoms with E-state index in [1.807, 2.05) is 12.1 Å². The molecule has 134 valence electrons. The number of imidazole rings is 1. The summed E-state index contributed by atoms with van der Waals surface area (Å²) in [6.07, 6.45) is 0. The molecule has 3 aromatic rings. The van der Waals surface area contributed by atoms with Gasteiger partial charge >= 0.3 is 0 Å². The molecule has 1 aromatic heterocycles. The van der Waals surface area contributed by atoms with Crippen LogP contribution in [0.4, 0.5) is 0 Å². The van der Waals surface area contributed by atoms with Gasteiger partial charge in [-0.05, 0) is 40.7 Å². The Balaban J connectivity index is 2.28. The van der Waals surface area contributed by atoms with Crippen LogP contribution >= 0.6 is 0 Å². The Kier molecular flexibility index (Phi) is 4.07. The number of phenols is 1. The van der Waals surface area contributed by atoms with E-state index in [1.54, 1.807) is 12.1 Å². The van der Waals surface area contributed by atoms with Crippen LogP contribution in [0.1, 0.15) is 58.2 Å². The molecule has 0 aliphatic heterocycles. The van der Waals surface area contributed by atoms with Gasteiger partial charge in [-0.2, -0.15) is 5.26 Å². The molecule has 4 nitrogen and oxygen atoms in total. The Morgan fingerprint density at radius 2 is 1.69 bits per heavy atom. The van der Waals surface area contributed by atoms with Gasteiger partial charge in [-0.1, -0.05) is 47.6 Å². The highest BCUT2D eigenvalue weighted by molar-refractivity contribution is 5.82. The summed E-state index contributed by atoms with van der Waals surface area (Å²) in [5.41, 5.74) is 4.63. The van der Waals surface area contributed by atoms with Crippen molar-refractivity contribution in [3.8, 4) is 23.2 Å². The van der Waals surface area contributed by atoms with Gasteiger partial charge in [-0.3, -0.25) is 0 Å². The van der Waals surface area contributed by atoms with Crippen molar-refractivity contribution in [2.24, 2.45) is 0 Å². The fourth-order valence-electron chi connectivity index (χ4n) is 3.03. The lowest BCUT2D eigenvalue weighted by molar-refractivity contribution is 0.446. The second kappa shape index (κ2) is 5.88. The van der Waals surface area contributed by atoms with Gasteiger partial charge in [-0.25, -0.2) is 4.98 Å². The molecule has 0 aliphatic rings. The Hall–Kier alpha value is -2.80. The van der Waals surface area contributed by atoms with Gasteiger partial charge in [0.1, 0.15) is 11.6 Å². The van der Waals surface area contributed by atoms with E-state index in [4.69, 9.17) is 5.26 Å². The Morgan fingerprint density at radius 1 is 1.00 bits per heavy atom. The van der Waals surface area contributed by atoms with Crippen LogP contribution in [-0.4, -0.2) is 15.1 Å². The summed E-state index contributed by atoms with van der Waals surface area (Å²) < 4.78 is 0. The molecule has 2 N–H and O–H groups in total. The predicted octanol–water partition coefficient (Wildman–Crippen LogP) is 5.40. The number of fused-ring (bicyclic) bond motifs is 1. The molecule has 0 atom stereocenters. The topological polar surface area (TPSA) is 72.7 Å². The average Bonchev–Trinajstić information content (AvgIpc) is 2.95. The van der Waals surface area contributed by atoms with Crippen molar-refractivity contribution in [2.45, 2.75) is 52.4 Å². The van der Waals surface area contributed by atoms with Crippen LogP contribution in [0.25, 0.3) is 22.4 Å². The van der Waals surface area contributed by atoms with Crippen LogP contribution in [0.2, 0.25) is 0 Å². The monoisotopic (exact) mass is 347 g/mol. The van der Waals surface area contributed by atoms with Crippen LogP contribution in [-0.2, 0) is 10.8 Å². The van der Waals surface area contributed by atoms with Crippen molar-refractivity contribution >= 4 is 11.0 Å². The normalized spacial score (nSPS) is 12.3. The fourth-order valence-corrected chi connectivity index (χ4v) is 3.03. The lowest BCUT2D eigenvalue weighted by Crippen LogP contribution is -2.17. The number of benzene rings is 2. The Labute approximate surface area is 154 Å². The molecule has 0 unspecified atom stereocenters. The second-order valence-electron chi connectivity index (χ2n) is 8.85. The van der Waals surface area contributed by atoms with Crippen molar-refractivity contribution in [2.75, 3.05) is 0 Å². The van der Waals surface area contributed by atoms with E-state index in [-0.39, 0.29) is 16.6 Å². The van der Waals surface area contributed by atoms with Gasteiger partial charge < -0.3 is 10.1 Å². The van der Waals surface area contributed by atoms with E-state index >= 15 is 0 Å². The number of hydrogen-bond donors (Lipinski definition) is 2. The Bertz CT molecular complexity index is 1020.